The van der Waals surface area contributed by atoms with Crippen molar-refractivity contribution in [2.75, 3.05) is 34.9 Å². The molecule has 0 spiro atoms. The smallest absolute Gasteiger partial charge is 0.203 e. The van der Waals surface area contributed by atoms with Crippen molar-refractivity contribution in [3.05, 3.63) is 17.7 Å². The van der Waals surface area contributed by atoms with E-state index < -0.39 is 0 Å². The third kappa shape index (κ3) is 7.22. The number of aliphatic imine (C=N–C) groups is 1. The first kappa shape index (κ1) is 24.7. The Kier molecular flexibility index (Phi) is 12.1. The van der Waals surface area contributed by atoms with Gasteiger partial charge in [0, 0.05) is 25.7 Å². The minimum Gasteiger partial charge on any atom is -0.493 e. The van der Waals surface area contributed by atoms with E-state index in [1.54, 1.807) is 28.4 Å². The number of unbranched alkanes of at least 4 members (excludes halogenated alkanes) is 1. The summed E-state index contributed by atoms with van der Waals surface area (Å²) in [7, 11) is 6.66. The maximum absolute atomic E-state index is 5.53. The van der Waals surface area contributed by atoms with Gasteiger partial charge < -0.3 is 24.8 Å². The topological polar surface area (TPSA) is 64.1 Å². The zero-order valence-electron chi connectivity index (χ0n) is 17.7. The third-order valence-corrected chi connectivity index (χ3v) is 5.26. The van der Waals surface area contributed by atoms with Gasteiger partial charge >= 0.3 is 0 Å². The van der Waals surface area contributed by atoms with Crippen LogP contribution in [0.5, 0.6) is 17.2 Å². The van der Waals surface area contributed by atoms with Crippen LogP contribution in [0, 0.1) is 5.92 Å². The summed E-state index contributed by atoms with van der Waals surface area (Å²) in [5.74, 6) is 3.71. The molecule has 0 amide bonds. The molecule has 7 heteroatoms. The molecule has 6 nitrogen and oxygen atoms in total. The molecule has 2 N–H and O–H groups in total. The van der Waals surface area contributed by atoms with Crippen molar-refractivity contribution in [1.82, 2.24) is 10.6 Å². The molecule has 0 heterocycles. The quantitative estimate of drug-likeness (QED) is 0.214. The Balaban J connectivity index is 0.00000392. The average molecular weight is 505 g/mol. The van der Waals surface area contributed by atoms with E-state index in [4.69, 9.17) is 14.2 Å². The summed E-state index contributed by atoms with van der Waals surface area (Å²) in [6.07, 6.45) is 9.57. The van der Waals surface area contributed by atoms with E-state index in [1.807, 2.05) is 12.1 Å². The van der Waals surface area contributed by atoms with Gasteiger partial charge in [-0.2, -0.15) is 0 Å². The monoisotopic (exact) mass is 505 g/mol. The number of ether oxygens (including phenoxy) is 3. The predicted octanol–water partition coefficient (Wildman–Crippen LogP) is 4.36. The highest BCUT2D eigenvalue weighted by Crippen LogP contribution is 2.39. The Morgan fingerprint density at radius 2 is 1.71 bits per heavy atom. The van der Waals surface area contributed by atoms with Crippen LogP contribution in [0.15, 0.2) is 17.1 Å². The molecule has 0 atom stereocenters. The van der Waals surface area contributed by atoms with Gasteiger partial charge in [0.05, 0.1) is 21.3 Å². The third-order valence-electron chi connectivity index (χ3n) is 5.26. The Morgan fingerprint density at radius 1 is 1.00 bits per heavy atom. The maximum atomic E-state index is 5.53. The van der Waals surface area contributed by atoms with Crippen molar-refractivity contribution < 1.29 is 14.2 Å². The molecule has 0 aromatic heterocycles. The van der Waals surface area contributed by atoms with E-state index in [1.165, 1.54) is 44.9 Å². The van der Waals surface area contributed by atoms with Gasteiger partial charge in [-0.25, -0.2) is 0 Å². The van der Waals surface area contributed by atoms with Crippen molar-refractivity contribution in [3.63, 3.8) is 0 Å². The van der Waals surface area contributed by atoms with Crippen LogP contribution in [-0.4, -0.2) is 40.9 Å². The molecule has 0 unspecified atom stereocenters. The minimum absolute atomic E-state index is 0. The number of hydrogen-bond donors (Lipinski definition) is 2. The average Bonchev–Trinajstić information content (AvgIpc) is 3.22. The van der Waals surface area contributed by atoms with Crippen LogP contribution in [0.25, 0.3) is 0 Å². The molecule has 0 saturated heterocycles. The first-order valence-electron chi connectivity index (χ1n) is 9.95. The summed E-state index contributed by atoms with van der Waals surface area (Å²) in [5.41, 5.74) is 0.985. The molecule has 1 aliphatic carbocycles. The highest BCUT2D eigenvalue weighted by Gasteiger charge is 2.16. The number of methoxy groups -OCH3 is 3. The Labute approximate surface area is 186 Å². The van der Waals surface area contributed by atoms with E-state index in [0.717, 1.165) is 24.0 Å². The normalized spacial score (nSPS) is 14.4. The van der Waals surface area contributed by atoms with Gasteiger partial charge in [0.1, 0.15) is 0 Å². The second-order valence-corrected chi connectivity index (χ2v) is 6.99. The van der Waals surface area contributed by atoms with Crippen LogP contribution in [0.4, 0.5) is 0 Å². The lowest BCUT2D eigenvalue weighted by atomic mass is 10.0. The zero-order chi connectivity index (χ0) is 19.5. The second-order valence-electron chi connectivity index (χ2n) is 6.99. The lowest BCUT2D eigenvalue weighted by Crippen LogP contribution is -2.37. The molecule has 2 rings (SSSR count). The summed E-state index contributed by atoms with van der Waals surface area (Å²) in [4.78, 5) is 4.31. The summed E-state index contributed by atoms with van der Waals surface area (Å²) < 4.78 is 16.3. The summed E-state index contributed by atoms with van der Waals surface area (Å²) in [6.45, 7) is 1.53. The van der Waals surface area contributed by atoms with Gasteiger partial charge in [-0.1, -0.05) is 38.5 Å². The van der Waals surface area contributed by atoms with E-state index in [9.17, 15) is 0 Å². The molecular weight excluding hydrogens is 469 g/mol. The summed E-state index contributed by atoms with van der Waals surface area (Å²) in [6, 6.07) is 3.86. The van der Waals surface area contributed by atoms with Crippen LogP contribution >= 0.6 is 24.0 Å². The number of benzene rings is 1. The number of nitrogens with zero attached hydrogens (tertiary/aromatic N) is 1. The second kappa shape index (κ2) is 13.7. The number of hydrogen-bond acceptors (Lipinski definition) is 4. The van der Waals surface area contributed by atoms with Gasteiger partial charge in [0.25, 0.3) is 0 Å². The van der Waals surface area contributed by atoms with Gasteiger partial charge in [-0.15, -0.1) is 24.0 Å². The maximum Gasteiger partial charge on any atom is 0.203 e. The molecule has 1 saturated carbocycles. The molecule has 1 aliphatic rings. The molecule has 0 aliphatic heterocycles. The van der Waals surface area contributed by atoms with Crippen LogP contribution in [-0.2, 0) is 6.54 Å². The Bertz CT molecular complexity index is 605. The Morgan fingerprint density at radius 3 is 2.32 bits per heavy atom. The molecule has 0 bridgehead atoms. The number of halogens is 1. The van der Waals surface area contributed by atoms with E-state index >= 15 is 0 Å². The van der Waals surface area contributed by atoms with Gasteiger partial charge in [0.15, 0.2) is 17.5 Å². The highest BCUT2D eigenvalue weighted by molar-refractivity contribution is 14.0. The molecule has 0 radical (unpaired) electrons. The fraction of sp³-hybridized carbons (Fsp3) is 0.667. The summed E-state index contributed by atoms with van der Waals surface area (Å²) in [5, 5.41) is 6.74. The van der Waals surface area contributed by atoms with Crippen molar-refractivity contribution in [2.45, 2.75) is 51.5 Å². The van der Waals surface area contributed by atoms with Crippen molar-refractivity contribution in [3.8, 4) is 17.2 Å². The van der Waals surface area contributed by atoms with Crippen molar-refractivity contribution in [2.24, 2.45) is 10.9 Å². The van der Waals surface area contributed by atoms with Crippen LogP contribution in [0.2, 0.25) is 0 Å². The van der Waals surface area contributed by atoms with Crippen molar-refractivity contribution in [1.29, 1.82) is 0 Å². The largest absolute Gasteiger partial charge is 0.493 e. The number of nitrogens with one attached hydrogen (secondary N) is 2. The molecular formula is C21H36IN3O3. The van der Waals surface area contributed by atoms with E-state index in [2.05, 4.69) is 15.6 Å². The summed E-state index contributed by atoms with van der Waals surface area (Å²) >= 11 is 0. The predicted molar refractivity (Wildman–Crippen MR) is 126 cm³/mol. The number of rotatable bonds is 10. The number of guanidine groups is 1. The first-order chi connectivity index (χ1) is 13.2. The first-order valence-corrected chi connectivity index (χ1v) is 9.95. The molecule has 28 heavy (non-hydrogen) atoms. The highest BCUT2D eigenvalue weighted by atomic mass is 127. The van der Waals surface area contributed by atoms with E-state index in [-0.39, 0.29) is 24.0 Å². The lowest BCUT2D eigenvalue weighted by molar-refractivity contribution is 0.322. The lowest BCUT2D eigenvalue weighted by Gasteiger charge is -2.17. The van der Waals surface area contributed by atoms with Crippen molar-refractivity contribution >= 4 is 29.9 Å². The van der Waals surface area contributed by atoms with Gasteiger partial charge in [-0.05, 0) is 24.5 Å². The Hall–Kier alpha value is -1.38. The van der Waals surface area contributed by atoms with Gasteiger partial charge in [0.2, 0.25) is 5.75 Å². The minimum atomic E-state index is 0. The molecule has 160 valence electrons. The van der Waals surface area contributed by atoms with E-state index in [0.29, 0.717) is 23.8 Å². The van der Waals surface area contributed by atoms with Crippen LogP contribution < -0.4 is 24.8 Å². The molecule has 1 aromatic rings. The van der Waals surface area contributed by atoms with Crippen LogP contribution in [0.3, 0.4) is 0 Å². The fourth-order valence-electron chi connectivity index (χ4n) is 3.77. The fourth-order valence-corrected chi connectivity index (χ4v) is 3.77. The molecule has 1 fully saturated rings. The standard InChI is InChI=1S/C21H35N3O3.HI/c1-22-21(23-14-8-7-11-16-9-5-6-10-16)24-15-17-12-13-18(25-2)20(27-4)19(17)26-3;/h12-13,16H,5-11,14-15H2,1-4H3,(H2,22,23,24);1H. The van der Waals surface area contributed by atoms with Crippen LogP contribution in [0.1, 0.15) is 50.5 Å². The zero-order valence-corrected chi connectivity index (χ0v) is 20.0. The molecule has 1 aromatic carbocycles. The SMILES string of the molecule is CN=C(NCCCCC1CCCC1)NCc1ccc(OC)c(OC)c1OC.I. The van der Waals surface area contributed by atoms with Gasteiger partial charge in [-0.3, -0.25) is 4.99 Å².